The van der Waals surface area contributed by atoms with Crippen LogP contribution in [0.1, 0.15) is 180 Å². The van der Waals surface area contributed by atoms with E-state index in [-0.39, 0.29) is 43.6 Å². The van der Waals surface area contributed by atoms with Crippen LogP contribution in [-0.2, 0) is 41.7 Å². The average Bonchev–Trinajstić information content (AvgIpc) is 1.55. The standard InChI is InChI=1S/C21H28F6O2.C21H31F3O2.C20H29F3O2.3C4H12OSi/c22-20(23,24)19(21(25,26)27,29-16-3-1-2-6-28-16)10-14-8-13-9-15(14)18-12-5-4-11(7-12)17(13)18;1-20(21(22,23)24,26-17-4-2-3-7-25-17)11-15-9-14-10-16(15)19-13-6-5-12(8-13)18(14)19;21-20(22,23)16(25-17-3-1-2-6-24-17)10-13-8-14-9-15(13)19-12-5-4-11(7-12)18(14)19;3*1-5-6(2,3)4/h11-18H,1-10H2;12-19H,2-11H2,1H3;11-19H,1-10H2;3*1-4H3. The molecule has 26 unspecified atom stereocenters. The molecule has 15 rings (SSSR count). The van der Waals surface area contributed by atoms with Gasteiger partial charge in [0.1, 0.15) is 0 Å². The predicted molar refractivity (Wildman–Crippen MR) is 361 cm³/mol. The van der Waals surface area contributed by atoms with Gasteiger partial charge in [0.25, 0.3) is 5.60 Å². The van der Waals surface area contributed by atoms with E-state index in [0.29, 0.717) is 98.6 Å². The Morgan fingerprint density at radius 1 is 0.357 bits per heavy atom. The van der Waals surface area contributed by atoms with Crippen molar-refractivity contribution in [1.29, 1.82) is 0 Å². The Labute approximate surface area is 582 Å². The maximum Gasteiger partial charge on any atom is 0.426 e. The van der Waals surface area contributed by atoms with Gasteiger partial charge in [0.2, 0.25) is 0 Å². The minimum absolute atomic E-state index is 0.0137. The molecular formula is C74H124F12O9Si3. The number of hydrogen-bond donors (Lipinski definition) is 0. The first-order valence-corrected chi connectivity index (χ1v) is 48.7. The third-order valence-corrected chi connectivity index (χ3v) is 31.2. The molecule has 12 aliphatic carbocycles. The van der Waals surface area contributed by atoms with Crippen LogP contribution in [0.4, 0.5) is 52.7 Å². The highest BCUT2D eigenvalue weighted by atomic mass is 28.4. The molecule has 9 nitrogen and oxygen atoms in total. The molecule has 0 radical (unpaired) electrons. The van der Waals surface area contributed by atoms with Crippen LogP contribution >= 0.6 is 0 Å². The Hall–Kier alpha value is -0.549. The molecule has 0 amide bonds. The van der Waals surface area contributed by atoms with Gasteiger partial charge in [0, 0.05) is 41.2 Å². The summed E-state index contributed by atoms with van der Waals surface area (Å²) >= 11 is 0. The lowest BCUT2D eigenvalue weighted by atomic mass is 9.65. The van der Waals surface area contributed by atoms with E-state index >= 15 is 0 Å². The molecule has 15 fully saturated rings. The number of ether oxygens (including phenoxy) is 6. The zero-order valence-electron chi connectivity index (χ0n) is 61.4. The maximum atomic E-state index is 14.0. The summed E-state index contributed by atoms with van der Waals surface area (Å²) in [7, 11) is 1.92. The molecule has 0 aromatic heterocycles. The third-order valence-electron chi connectivity index (χ3n) is 27.5. The molecule has 0 aromatic carbocycles. The van der Waals surface area contributed by atoms with Crippen LogP contribution in [0.3, 0.4) is 0 Å². The van der Waals surface area contributed by atoms with Crippen molar-refractivity contribution in [3.8, 4) is 0 Å². The summed E-state index contributed by atoms with van der Waals surface area (Å²) in [6.07, 6.45) is -1.61. The van der Waals surface area contributed by atoms with Gasteiger partial charge in [0.05, 0.1) is 0 Å². The van der Waals surface area contributed by atoms with E-state index in [1.165, 1.54) is 64.7 Å². The van der Waals surface area contributed by atoms with Crippen LogP contribution < -0.4 is 0 Å². The molecule has 570 valence electrons. The second-order valence-corrected chi connectivity index (χ2v) is 50.3. The zero-order valence-corrected chi connectivity index (χ0v) is 64.4. The lowest BCUT2D eigenvalue weighted by molar-refractivity contribution is -0.416. The fourth-order valence-corrected chi connectivity index (χ4v) is 23.2. The zero-order chi connectivity index (χ0) is 71.5. The molecule has 12 bridgehead atoms. The van der Waals surface area contributed by atoms with Crippen molar-refractivity contribution in [2.45, 2.75) is 300 Å². The van der Waals surface area contributed by atoms with Crippen LogP contribution in [-0.4, -0.2) is 127 Å². The summed E-state index contributed by atoms with van der Waals surface area (Å²) in [5, 5.41) is 0. The number of halogens is 12. The first-order valence-electron chi connectivity index (χ1n) is 38.4. The van der Waals surface area contributed by atoms with Crippen LogP contribution in [0.5, 0.6) is 0 Å². The average molecular weight is 1470 g/mol. The van der Waals surface area contributed by atoms with Crippen LogP contribution in [0, 0.1) is 124 Å². The van der Waals surface area contributed by atoms with E-state index < -0.39 is 98.2 Å². The van der Waals surface area contributed by atoms with Gasteiger partial charge in [-0.2, -0.15) is 52.7 Å². The predicted octanol–water partition coefficient (Wildman–Crippen LogP) is 21.2. The van der Waals surface area contributed by atoms with Gasteiger partial charge in [-0.1, -0.05) is 0 Å². The first-order chi connectivity index (χ1) is 45.6. The van der Waals surface area contributed by atoms with Gasteiger partial charge < -0.3 is 41.7 Å². The van der Waals surface area contributed by atoms with Crippen molar-refractivity contribution in [2.75, 3.05) is 41.2 Å². The first kappa shape index (κ1) is 80.0. The summed E-state index contributed by atoms with van der Waals surface area (Å²) in [5.41, 5.74) is -6.21. The van der Waals surface area contributed by atoms with Gasteiger partial charge in [-0.3, -0.25) is 0 Å². The smallest absolute Gasteiger partial charge is 0.421 e. The Bertz CT molecular complexity index is 2460. The van der Waals surface area contributed by atoms with Crippen LogP contribution in [0.15, 0.2) is 0 Å². The topological polar surface area (TPSA) is 83.1 Å². The molecule has 3 heterocycles. The summed E-state index contributed by atoms with van der Waals surface area (Å²) in [6.45, 7) is 21.9. The molecule has 15 aliphatic rings. The van der Waals surface area contributed by atoms with Crippen molar-refractivity contribution in [3.05, 3.63) is 0 Å². The van der Waals surface area contributed by atoms with E-state index in [1.807, 2.05) is 0 Å². The van der Waals surface area contributed by atoms with Crippen molar-refractivity contribution in [3.63, 3.8) is 0 Å². The van der Waals surface area contributed by atoms with Crippen LogP contribution in [0.25, 0.3) is 0 Å². The summed E-state index contributed by atoms with van der Waals surface area (Å²) in [6, 6.07) is 0. The van der Waals surface area contributed by atoms with E-state index in [2.05, 4.69) is 58.9 Å². The van der Waals surface area contributed by atoms with E-state index in [1.54, 1.807) is 21.3 Å². The summed E-state index contributed by atoms with van der Waals surface area (Å²) < 4.78 is 214. The van der Waals surface area contributed by atoms with Crippen molar-refractivity contribution in [2.24, 2.45) is 124 Å². The number of fused-ring (bicyclic) bond motifs is 27. The maximum absolute atomic E-state index is 14.0. The van der Waals surface area contributed by atoms with Crippen molar-refractivity contribution >= 4 is 25.0 Å². The lowest BCUT2D eigenvalue weighted by Gasteiger charge is -2.45. The van der Waals surface area contributed by atoms with Crippen molar-refractivity contribution in [1.82, 2.24) is 0 Å². The fourth-order valence-electron chi connectivity index (χ4n) is 23.2. The molecule has 98 heavy (non-hydrogen) atoms. The minimum Gasteiger partial charge on any atom is -0.421 e. The van der Waals surface area contributed by atoms with Gasteiger partial charge in [0.15, 0.2) is 55.5 Å². The van der Waals surface area contributed by atoms with E-state index in [9.17, 15) is 52.7 Å². The number of alkyl halides is 12. The lowest BCUT2D eigenvalue weighted by Crippen LogP contribution is -2.62. The summed E-state index contributed by atoms with van der Waals surface area (Å²) in [4.78, 5) is 0. The molecule has 0 aromatic rings. The molecular weight excluding hydrogens is 1350 g/mol. The molecule has 24 heteroatoms. The monoisotopic (exact) mass is 1470 g/mol. The third kappa shape index (κ3) is 18.2. The highest BCUT2D eigenvalue weighted by Crippen LogP contribution is 2.73. The fraction of sp³-hybridized carbons (Fsp3) is 1.00. The second-order valence-electron chi connectivity index (χ2n) is 36.4. The second kappa shape index (κ2) is 31.3. The van der Waals surface area contributed by atoms with Crippen molar-refractivity contribution < 1.29 is 94.4 Å². The summed E-state index contributed by atoms with van der Waals surface area (Å²) in [5.74, 6) is 11.2. The molecule has 12 saturated carbocycles. The number of rotatable bonds is 15. The number of hydrogen-bond acceptors (Lipinski definition) is 9. The van der Waals surface area contributed by atoms with Gasteiger partial charge in [-0.25, -0.2) is 0 Å². The largest absolute Gasteiger partial charge is 0.426 e. The van der Waals surface area contributed by atoms with E-state index in [4.69, 9.17) is 41.7 Å². The van der Waals surface area contributed by atoms with E-state index in [0.717, 1.165) is 105 Å². The molecule has 3 saturated heterocycles. The normalized spacial score (nSPS) is 41.1. The molecule has 26 atom stereocenters. The van der Waals surface area contributed by atoms with Crippen LogP contribution in [0.2, 0.25) is 58.9 Å². The molecule has 0 spiro atoms. The van der Waals surface area contributed by atoms with Gasteiger partial charge in [-0.15, -0.1) is 0 Å². The highest BCUT2D eigenvalue weighted by Gasteiger charge is 2.75. The SMILES string of the molecule is CC(CC1CC2CC1C1C3CCC(C3)C21)(OC1CCCCO1)C(F)(F)F.CO[Si](C)(C)C.CO[Si](C)(C)C.CO[Si](C)(C)C.FC(F)(F)C(CC1CC2CC1C1C3CCC(C3)C21)(OC1CCCCO1)C(F)(F)F.FC(F)(F)C(CC1CC2CC1C1C3CCC(C3)C21)OC1CCCCO1. The molecule has 0 N–H and O–H groups in total. The Balaban J connectivity index is 0.000000142. The quantitative estimate of drug-likeness (QED) is 0.0904. The highest BCUT2D eigenvalue weighted by molar-refractivity contribution is 6.70. The van der Waals surface area contributed by atoms with Gasteiger partial charge >= 0.3 is 24.7 Å². The minimum atomic E-state index is -5.53. The Morgan fingerprint density at radius 2 is 0.673 bits per heavy atom. The Kier molecular flexibility index (Phi) is 25.6. The molecule has 3 aliphatic heterocycles. The van der Waals surface area contributed by atoms with Gasteiger partial charge in [-0.05, 0) is 363 Å². The Morgan fingerprint density at radius 3 is 0.990 bits per heavy atom.